The van der Waals surface area contributed by atoms with Crippen molar-refractivity contribution in [3.8, 4) is 0 Å². The van der Waals surface area contributed by atoms with Crippen molar-refractivity contribution in [3.05, 3.63) is 0 Å². The van der Waals surface area contributed by atoms with E-state index in [-0.39, 0.29) is 12.6 Å². The van der Waals surface area contributed by atoms with Crippen molar-refractivity contribution in [2.24, 2.45) is 11.7 Å². The maximum absolute atomic E-state index is 8.78. The number of hydrogen-bond donors (Lipinski definition) is 2. The van der Waals surface area contributed by atoms with Crippen LogP contribution in [-0.2, 0) is 0 Å². The Bertz CT molecular complexity index is 122. The van der Waals surface area contributed by atoms with Crippen LogP contribution in [0.1, 0.15) is 19.3 Å². The first-order chi connectivity index (χ1) is 5.72. The molecular formula is C9H20N2O. The molecule has 1 fully saturated rings. The van der Waals surface area contributed by atoms with E-state index < -0.39 is 0 Å². The van der Waals surface area contributed by atoms with E-state index in [9.17, 15) is 0 Å². The number of nitrogens with two attached hydrogens (primary N) is 1. The van der Waals surface area contributed by atoms with Crippen molar-refractivity contribution in [1.82, 2.24) is 4.90 Å². The van der Waals surface area contributed by atoms with Gasteiger partial charge in [0.2, 0.25) is 0 Å². The van der Waals surface area contributed by atoms with Crippen LogP contribution in [-0.4, -0.2) is 42.8 Å². The average Bonchev–Trinajstić information content (AvgIpc) is 2.09. The SMILES string of the molecule is CN1CCC(CC(N)CO)CC1. The van der Waals surface area contributed by atoms with E-state index in [1.165, 1.54) is 25.9 Å². The fourth-order valence-corrected chi connectivity index (χ4v) is 1.80. The zero-order valence-electron chi connectivity index (χ0n) is 7.87. The summed E-state index contributed by atoms with van der Waals surface area (Å²) in [6.07, 6.45) is 3.47. The fourth-order valence-electron chi connectivity index (χ4n) is 1.80. The molecule has 0 radical (unpaired) electrons. The highest BCUT2D eigenvalue weighted by atomic mass is 16.3. The Morgan fingerprint density at radius 3 is 2.58 bits per heavy atom. The maximum atomic E-state index is 8.78. The molecule has 3 heteroatoms. The molecule has 1 saturated heterocycles. The van der Waals surface area contributed by atoms with Crippen molar-refractivity contribution in [2.45, 2.75) is 25.3 Å². The molecule has 1 heterocycles. The van der Waals surface area contributed by atoms with Gasteiger partial charge in [-0.05, 0) is 45.3 Å². The van der Waals surface area contributed by atoms with Gasteiger partial charge in [-0.25, -0.2) is 0 Å². The molecule has 0 bridgehead atoms. The van der Waals surface area contributed by atoms with Crippen molar-refractivity contribution in [1.29, 1.82) is 0 Å². The second-order valence-electron chi connectivity index (χ2n) is 3.93. The van der Waals surface area contributed by atoms with Crippen molar-refractivity contribution in [3.63, 3.8) is 0 Å². The summed E-state index contributed by atoms with van der Waals surface area (Å²) in [5, 5.41) is 8.78. The van der Waals surface area contributed by atoms with Crippen LogP contribution in [0.25, 0.3) is 0 Å². The molecule has 1 aliphatic rings. The molecule has 3 N–H and O–H groups in total. The van der Waals surface area contributed by atoms with E-state index in [4.69, 9.17) is 10.8 Å². The van der Waals surface area contributed by atoms with Gasteiger partial charge in [0.05, 0.1) is 6.61 Å². The van der Waals surface area contributed by atoms with E-state index in [0.717, 1.165) is 12.3 Å². The third kappa shape index (κ3) is 3.09. The first-order valence-corrected chi connectivity index (χ1v) is 4.77. The topological polar surface area (TPSA) is 49.5 Å². The lowest BCUT2D eigenvalue weighted by molar-refractivity contribution is 0.185. The molecule has 1 unspecified atom stereocenters. The fraction of sp³-hybridized carbons (Fsp3) is 1.00. The minimum absolute atomic E-state index is 0.00148. The second-order valence-corrected chi connectivity index (χ2v) is 3.93. The first-order valence-electron chi connectivity index (χ1n) is 4.77. The highest BCUT2D eigenvalue weighted by Crippen LogP contribution is 2.20. The van der Waals surface area contributed by atoms with Crippen LogP contribution in [0.4, 0.5) is 0 Å². The van der Waals surface area contributed by atoms with Gasteiger partial charge >= 0.3 is 0 Å². The van der Waals surface area contributed by atoms with Crippen LogP contribution in [0.2, 0.25) is 0 Å². The Balaban J connectivity index is 2.17. The second kappa shape index (κ2) is 4.80. The molecule has 0 amide bonds. The quantitative estimate of drug-likeness (QED) is 0.632. The van der Waals surface area contributed by atoms with Crippen molar-refractivity contribution < 1.29 is 5.11 Å². The number of aliphatic hydroxyl groups is 1. The molecule has 0 aromatic heterocycles. The molecule has 0 aromatic rings. The van der Waals surface area contributed by atoms with Crippen molar-refractivity contribution in [2.75, 3.05) is 26.7 Å². The summed E-state index contributed by atoms with van der Waals surface area (Å²) in [6, 6.07) is -0.00148. The van der Waals surface area contributed by atoms with Crippen LogP contribution in [0, 0.1) is 5.92 Å². The monoisotopic (exact) mass is 172 g/mol. The molecule has 0 spiro atoms. The third-order valence-electron chi connectivity index (χ3n) is 2.71. The van der Waals surface area contributed by atoms with E-state index in [0.29, 0.717) is 0 Å². The van der Waals surface area contributed by atoms with Gasteiger partial charge in [0.25, 0.3) is 0 Å². The Labute approximate surface area is 74.5 Å². The Morgan fingerprint density at radius 2 is 2.08 bits per heavy atom. The summed E-state index contributed by atoms with van der Waals surface area (Å²) >= 11 is 0. The third-order valence-corrected chi connectivity index (χ3v) is 2.71. The van der Waals surface area contributed by atoms with Gasteiger partial charge in [0.1, 0.15) is 0 Å². The maximum Gasteiger partial charge on any atom is 0.0582 e. The van der Waals surface area contributed by atoms with E-state index >= 15 is 0 Å². The minimum Gasteiger partial charge on any atom is -0.395 e. The van der Waals surface area contributed by atoms with Gasteiger partial charge in [-0.2, -0.15) is 0 Å². The van der Waals surface area contributed by atoms with Gasteiger partial charge in [-0.3, -0.25) is 0 Å². The summed E-state index contributed by atoms with van der Waals surface area (Å²) in [4.78, 5) is 2.35. The Kier molecular flexibility index (Phi) is 3.98. The number of aliphatic hydroxyl groups excluding tert-OH is 1. The molecular weight excluding hydrogens is 152 g/mol. The summed E-state index contributed by atoms with van der Waals surface area (Å²) in [6.45, 7) is 2.50. The molecule has 12 heavy (non-hydrogen) atoms. The molecule has 1 aliphatic heterocycles. The predicted octanol–water partition coefficient (Wildman–Crippen LogP) is 0.0379. The predicted molar refractivity (Wildman–Crippen MR) is 49.9 cm³/mol. The summed E-state index contributed by atoms with van der Waals surface area (Å²) in [5.74, 6) is 0.739. The number of likely N-dealkylation sites (tertiary alicyclic amines) is 1. The summed E-state index contributed by atoms with van der Waals surface area (Å²) < 4.78 is 0. The van der Waals surface area contributed by atoms with E-state index in [1.807, 2.05) is 0 Å². The largest absolute Gasteiger partial charge is 0.395 e. The van der Waals surface area contributed by atoms with Crippen molar-refractivity contribution >= 4 is 0 Å². The highest BCUT2D eigenvalue weighted by molar-refractivity contribution is 4.74. The Hall–Kier alpha value is -0.120. The molecule has 0 aliphatic carbocycles. The van der Waals surface area contributed by atoms with E-state index in [1.54, 1.807) is 0 Å². The number of rotatable bonds is 3. The van der Waals surface area contributed by atoms with Gasteiger partial charge in [-0.1, -0.05) is 0 Å². The van der Waals surface area contributed by atoms with Crippen LogP contribution in [0.15, 0.2) is 0 Å². The average molecular weight is 172 g/mol. The highest BCUT2D eigenvalue weighted by Gasteiger charge is 2.18. The zero-order chi connectivity index (χ0) is 8.97. The lowest BCUT2D eigenvalue weighted by Gasteiger charge is -2.30. The molecule has 3 nitrogen and oxygen atoms in total. The molecule has 1 atom stereocenters. The molecule has 1 rings (SSSR count). The summed E-state index contributed by atoms with van der Waals surface area (Å²) in [5.41, 5.74) is 5.67. The number of piperidine rings is 1. The lowest BCUT2D eigenvalue weighted by atomic mass is 9.91. The lowest BCUT2D eigenvalue weighted by Crippen LogP contribution is -2.34. The van der Waals surface area contributed by atoms with Crippen LogP contribution < -0.4 is 5.73 Å². The van der Waals surface area contributed by atoms with Gasteiger partial charge in [0, 0.05) is 6.04 Å². The molecule has 0 aromatic carbocycles. The van der Waals surface area contributed by atoms with E-state index in [2.05, 4.69) is 11.9 Å². The summed E-state index contributed by atoms with van der Waals surface area (Å²) in [7, 11) is 2.15. The Morgan fingerprint density at radius 1 is 1.50 bits per heavy atom. The minimum atomic E-state index is -0.00148. The smallest absolute Gasteiger partial charge is 0.0582 e. The first kappa shape index (κ1) is 9.96. The van der Waals surface area contributed by atoms with Gasteiger partial charge in [0.15, 0.2) is 0 Å². The van der Waals surface area contributed by atoms with Crippen LogP contribution >= 0.6 is 0 Å². The number of nitrogens with zero attached hydrogens (tertiary/aromatic N) is 1. The number of hydrogen-bond acceptors (Lipinski definition) is 3. The standard InChI is InChI=1S/C9H20N2O/c1-11-4-2-8(3-5-11)6-9(10)7-12/h8-9,12H,2-7,10H2,1H3. The zero-order valence-corrected chi connectivity index (χ0v) is 7.87. The normalized spacial score (nSPS) is 24.2. The molecule has 0 saturated carbocycles. The van der Waals surface area contributed by atoms with Crippen LogP contribution in [0.5, 0.6) is 0 Å². The van der Waals surface area contributed by atoms with Gasteiger partial charge < -0.3 is 15.7 Å². The van der Waals surface area contributed by atoms with Crippen LogP contribution in [0.3, 0.4) is 0 Å². The van der Waals surface area contributed by atoms with Gasteiger partial charge in [-0.15, -0.1) is 0 Å². The molecule has 72 valence electrons.